The maximum Gasteiger partial charge on any atom is 0.0811 e. The first kappa shape index (κ1) is 35.8. The molecule has 0 N–H and O–H groups in total. The number of aryl methyl sites for hydroxylation is 2. The molecule has 0 unspecified atom stereocenters. The van der Waals surface area contributed by atoms with Crippen LogP contribution in [-0.2, 0) is 23.7 Å². The lowest BCUT2D eigenvalue weighted by Gasteiger charge is -2.18. The monoisotopic (exact) mass is 646 g/mol. The zero-order valence-corrected chi connectivity index (χ0v) is 31.3. The van der Waals surface area contributed by atoms with Crippen LogP contribution in [0.5, 0.6) is 0 Å². The number of thiophene rings is 2. The number of hydrogen-bond acceptors (Lipinski definition) is 2. The fraction of sp³-hybridized carbons (Fsp3) is 0.455. The molecule has 0 amide bonds. The molecule has 4 rings (SSSR count). The Balaban J connectivity index is 1.66. The van der Waals surface area contributed by atoms with E-state index in [0.29, 0.717) is 0 Å². The first-order chi connectivity index (χ1) is 22.0. The molecular formula is C44H54S2. The molecule has 0 fully saturated rings. The molecule has 2 heterocycles. The third kappa shape index (κ3) is 10.5. The van der Waals surface area contributed by atoms with Crippen molar-refractivity contribution in [2.24, 2.45) is 0 Å². The maximum atomic E-state index is 3.60. The summed E-state index contributed by atoms with van der Waals surface area (Å²) in [6.45, 7) is 18.1. The van der Waals surface area contributed by atoms with Crippen LogP contribution in [0.2, 0.25) is 0 Å². The Morgan fingerprint density at radius 2 is 0.848 bits per heavy atom. The standard InChI is InChI=1S/C44H54S2/c1-9-11-13-15-17-35-31-41(45-39(35)29-23-33-19-25-37(26-20-33)43(3,4)5)42-32-36(18-16-14-12-10-2)40(46-42)30-24-34-21-27-38(28-22-34)44(6,7)8/h19-22,25-28,31-32H,9-18H2,1-8H3. The molecule has 2 aromatic heterocycles. The lowest BCUT2D eigenvalue weighted by Crippen LogP contribution is -2.10. The van der Waals surface area contributed by atoms with Gasteiger partial charge in [-0.1, -0.05) is 142 Å². The second-order valence-electron chi connectivity index (χ2n) is 14.7. The lowest BCUT2D eigenvalue weighted by molar-refractivity contribution is 0.590. The van der Waals surface area contributed by atoms with Crippen LogP contribution in [-0.4, -0.2) is 0 Å². The van der Waals surface area contributed by atoms with Gasteiger partial charge in [0, 0.05) is 20.9 Å². The predicted molar refractivity (Wildman–Crippen MR) is 206 cm³/mol. The normalized spacial score (nSPS) is 11.6. The summed E-state index contributed by atoms with van der Waals surface area (Å²) in [7, 11) is 0. The third-order valence-electron chi connectivity index (χ3n) is 8.60. The Morgan fingerprint density at radius 1 is 0.478 bits per heavy atom. The van der Waals surface area contributed by atoms with Crippen LogP contribution in [0.15, 0.2) is 60.7 Å². The van der Waals surface area contributed by atoms with Crippen LogP contribution in [0.4, 0.5) is 0 Å². The Labute approximate surface area is 289 Å². The molecular weight excluding hydrogens is 593 g/mol. The molecule has 0 atom stereocenters. The fourth-order valence-electron chi connectivity index (χ4n) is 5.53. The Bertz CT molecular complexity index is 1530. The van der Waals surface area contributed by atoms with Crippen molar-refractivity contribution in [1.29, 1.82) is 0 Å². The molecule has 0 saturated carbocycles. The molecule has 0 aliphatic rings. The molecule has 0 aliphatic heterocycles. The van der Waals surface area contributed by atoms with E-state index in [-0.39, 0.29) is 10.8 Å². The number of hydrogen-bond donors (Lipinski definition) is 0. The number of unbranched alkanes of at least 4 members (excludes halogenated alkanes) is 6. The van der Waals surface area contributed by atoms with E-state index in [1.807, 2.05) is 22.7 Å². The highest BCUT2D eigenvalue weighted by Gasteiger charge is 2.16. The minimum atomic E-state index is 0.149. The molecule has 0 aliphatic carbocycles. The van der Waals surface area contributed by atoms with Crippen molar-refractivity contribution < 1.29 is 0 Å². The van der Waals surface area contributed by atoms with Crippen LogP contribution >= 0.6 is 22.7 Å². The molecule has 2 aromatic carbocycles. The van der Waals surface area contributed by atoms with Crippen molar-refractivity contribution in [3.63, 3.8) is 0 Å². The first-order valence-electron chi connectivity index (χ1n) is 17.5. The SMILES string of the molecule is CCCCCCc1cc(-c2cc(CCCCCC)c(C#Cc3ccc(C(C)(C)C)cc3)s2)sc1C#Cc1ccc(C(C)(C)C)cc1. The Hall–Kier alpha value is -3.04. The van der Waals surface area contributed by atoms with Gasteiger partial charge in [0.15, 0.2) is 0 Å². The van der Waals surface area contributed by atoms with E-state index < -0.39 is 0 Å². The molecule has 46 heavy (non-hydrogen) atoms. The van der Waals surface area contributed by atoms with Crippen LogP contribution < -0.4 is 0 Å². The Morgan fingerprint density at radius 3 is 1.17 bits per heavy atom. The average Bonchev–Trinajstić information content (AvgIpc) is 3.62. The van der Waals surface area contributed by atoms with E-state index in [1.165, 1.54) is 93.1 Å². The average molecular weight is 647 g/mol. The van der Waals surface area contributed by atoms with Gasteiger partial charge in [0.2, 0.25) is 0 Å². The van der Waals surface area contributed by atoms with Gasteiger partial charge in [-0.05, 0) is 95.2 Å². The maximum absolute atomic E-state index is 3.60. The van der Waals surface area contributed by atoms with E-state index in [2.05, 4.69) is 140 Å². The molecule has 0 nitrogen and oxygen atoms in total. The predicted octanol–water partition coefficient (Wildman–Crippen LogP) is 13.1. The van der Waals surface area contributed by atoms with Gasteiger partial charge in [-0.25, -0.2) is 0 Å². The summed E-state index contributed by atoms with van der Waals surface area (Å²) in [6, 6.07) is 22.5. The molecule has 0 radical (unpaired) electrons. The van der Waals surface area contributed by atoms with Gasteiger partial charge in [-0.2, -0.15) is 0 Å². The summed E-state index contributed by atoms with van der Waals surface area (Å²) in [5.41, 5.74) is 7.95. The molecule has 242 valence electrons. The highest BCUT2D eigenvalue weighted by atomic mass is 32.1. The van der Waals surface area contributed by atoms with Crippen LogP contribution in [0, 0.1) is 23.7 Å². The zero-order valence-electron chi connectivity index (χ0n) is 29.7. The second kappa shape index (κ2) is 16.7. The van der Waals surface area contributed by atoms with E-state index in [0.717, 1.165) is 24.0 Å². The van der Waals surface area contributed by atoms with Crippen LogP contribution in [0.25, 0.3) is 9.75 Å². The molecule has 0 saturated heterocycles. The van der Waals surface area contributed by atoms with Gasteiger partial charge < -0.3 is 0 Å². The lowest BCUT2D eigenvalue weighted by atomic mass is 9.87. The van der Waals surface area contributed by atoms with Gasteiger partial charge in [0.1, 0.15) is 0 Å². The van der Waals surface area contributed by atoms with Crippen LogP contribution in [0.3, 0.4) is 0 Å². The summed E-state index contributed by atoms with van der Waals surface area (Å²) in [4.78, 5) is 5.10. The van der Waals surface area contributed by atoms with Crippen molar-refractivity contribution in [3.05, 3.63) is 104 Å². The number of rotatable bonds is 11. The van der Waals surface area contributed by atoms with Crippen molar-refractivity contribution in [2.75, 3.05) is 0 Å². The third-order valence-corrected chi connectivity index (χ3v) is 11.0. The smallest absolute Gasteiger partial charge is 0.0811 e. The van der Waals surface area contributed by atoms with Gasteiger partial charge in [-0.15, -0.1) is 22.7 Å². The topological polar surface area (TPSA) is 0 Å². The van der Waals surface area contributed by atoms with E-state index >= 15 is 0 Å². The van der Waals surface area contributed by atoms with Crippen molar-refractivity contribution in [2.45, 2.75) is 130 Å². The van der Waals surface area contributed by atoms with Gasteiger partial charge in [-0.3, -0.25) is 0 Å². The number of benzene rings is 2. The summed E-state index contributed by atoms with van der Waals surface area (Å²) in [5, 5.41) is 0. The summed E-state index contributed by atoms with van der Waals surface area (Å²) in [6.07, 6.45) is 12.3. The van der Waals surface area contributed by atoms with Gasteiger partial charge in [0.25, 0.3) is 0 Å². The largest absolute Gasteiger partial charge is 0.125 e. The fourth-order valence-corrected chi connectivity index (χ4v) is 7.73. The van der Waals surface area contributed by atoms with Crippen molar-refractivity contribution in [1.82, 2.24) is 0 Å². The minimum Gasteiger partial charge on any atom is -0.125 e. The van der Waals surface area contributed by atoms with E-state index in [4.69, 9.17) is 0 Å². The van der Waals surface area contributed by atoms with Gasteiger partial charge >= 0.3 is 0 Å². The molecule has 4 aromatic rings. The molecule has 0 spiro atoms. The quantitative estimate of drug-likeness (QED) is 0.112. The minimum absolute atomic E-state index is 0.149. The molecule has 2 heteroatoms. The summed E-state index contributed by atoms with van der Waals surface area (Å²) >= 11 is 3.73. The van der Waals surface area contributed by atoms with Crippen LogP contribution in [0.1, 0.15) is 150 Å². The molecule has 0 bridgehead atoms. The van der Waals surface area contributed by atoms with Gasteiger partial charge in [0.05, 0.1) is 9.75 Å². The van der Waals surface area contributed by atoms with Crippen molar-refractivity contribution >= 4 is 22.7 Å². The highest BCUT2D eigenvalue weighted by molar-refractivity contribution is 7.22. The summed E-state index contributed by atoms with van der Waals surface area (Å²) < 4.78 is 0. The first-order valence-corrected chi connectivity index (χ1v) is 19.1. The van der Waals surface area contributed by atoms with E-state index in [9.17, 15) is 0 Å². The van der Waals surface area contributed by atoms with Crippen molar-refractivity contribution in [3.8, 4) is 33.4 Å². The zero-order chi connectivity index (χ0) is 33.2. The summed E-state index contributed by atoms with van der Waals surface area (Å²) in [5.74, 6) is 14.2. The second-order valence-corrected chi connectivity index (χ2v) is 16.8. The Kier molecular flexibility index (Phi) is 13.0. The van der Waals surface area contributed by atoms with E-state index in [1.54, 1.807) is 0 Å². The highest BCUT2D eigenvalue weighted by Crippen LogP contribution is 2.38.